The average Bonchev–Trinajstić information content (AvgIpc) is 2.61. The summed E-state index contributed by atoms with van der Waals surface area (Å²) in [5.41, 5.74) is 0. The van der Waals surface area contributed by atoms with Gasteiger partial charge in [-0.2, -0.15) is 8.78 Å². The third-order valence-corrected chi connectivity index (χ3v) is 4.15. The van der Waals surface area contributed by atoms with Crippen LogP contribution in [-0.4, -0.2) is 4.98 Å². The van der Waals surface area contributed by atoms with Crippen LogP contribution >= 0.6 is 23.6 Å². The Morgan fingerprint density at radius 3 is 2.08 bits per heavy atom. The zero-order chi connectivity index (χ0) is 18.3. The van der Waals surface area contributed by atoms with Crippen molar-refractivity contribution in [3.63, 3.8) is 0 Å². The van der Waals surface area contributed by atoms with Gasteiger partial charge in [-0.1, -0.05) is 11.6 Å². The molecule has 0 saturated heterocycles. The molecule has 0 N–H and O–H groups in total. The lowest BCUT2D eigenvalue weighted by Gasteiger charge is -2.09. The van der Waals surface area contributed by atoms with Gasteiger partial charge in [0, 0.05) is 15.7 Å². The molecule has 0 aliphatic rings. The van der Waals surface area contributed by atoms with E-state index >= 15 is 0 Å². The largest absolute Gasteiger partial charge is 0.414 e. The van der Waals surface area contributed by atoms with Gasteiger partial charge in [0.2, 0.25) is 34.8 Å². The van der Waals surface area contributed by atoms with Crippen LogP contribution in [0.4, 0.5) is 26.3 Å². The molecule has 0 aliphatic heterocycles. The molecule has 130 valence electrons. The van der Waals surface area contributed by atoms with Gasteiger partial charge in [-0.25, -0.2) is 22.5 Å². The minimum absolute atomic E-state index is 0.0358. The maximum Gasteiger partial charge on any atom is 0.215 e. The minimum Gasteiger partial charge on any atom is -0.414 e. The fourth-order valence-electron chi connectivity index (χ4n) is 1.95. The number of hydrogen-bond acceptors (Lipinski definition) is 3. The lowest BCUT2D eigenvalue weighted by molar-refractivity contribution is 0.355. The van der Waals surface area contributed by atoms with Crippen LogP contribution in [0.25, 0.3) is 10.8 Å². The van der Waals surface area contributed by atoms with Crippen molar-refractivity contribution in [2.24, 2.45) is 0 Å². The first kappa shape index (κ1) is 17.7. The number of pyridine rings is 1. The Morgan fingerprint density at radius 2 is 1.44 bits per heavy atom. The van der Waals surface area contributed by atoms with Crippen LogP contribution in [0.3, 0.4) is 0 Å². The predicted molar refractivity (Wildman–Crippen MR) is 79.4 cm³/mol. The summed E-state index contributed by atoms with van der Waals surface area (Å²) in [6.07, 6.45) is 0.879. The van der Waals surface area contributed by atoms with Crippen molar-refractivity contribution in [1.29, 1.82) is 0 Å². The highest BCUT2D eigenvalue weighted by Crippen LogP contribution is 2.34. The summed E-state index contributed by atoms with van der Waals surface area (Å²) in [7, 11) is 0. The first-order chi connectivity index (χ1) is 11.8. The lowest BCUT2D eigenvalue weighted by Crippen LogP contribution is -2.03. The van der Waals surface area contributed by atoms with E-state index in [2.05, 4.69) is 9.17 Å². The van der Waals surface area contributed by atoms with E-state index in [9.17, 15) is 26.3 Å². The number of fused-ring (bicyclic) bond motifs is 1. The molecule has 0 aliphatic carbocycles. The van der Waals surface area contributed by atoms with E-state index < -0.39 is 40.7 Å². The lowest BCUT2D eigenvalue weighted by atomic mass is 10.2. The van der Waals surface area contributed by atoms with E-state index in [4.69, 9.17) is 11.6 Å². The highest BCUT2D eigenvalue weighted by molar-refractivity contribution is 7.95. The van der Waals surface area contributed by atoms with Crippen molar-refractivity contribution in [1.82, 2.24) is 4.98 Å². The standard InChI is InChI=1S/C15H4ClF6NOS/c16-15-6-2-1-5(3-7(6)8(17)4-23-15)25-24-14-12(21)10(19)9(18)11(20)13(14)22/h1-4H. The maximum absolute atomic E-state index is 13.8. The monoisotopic (exact) mass is 395 g/mol. The van der Waals surface area contributed by atoms with Crippen LogP contribution in [0, 0.1) is 34.9 Å². The van der Waals surface area contributed by atoms with Crippen molar-refractivity contribution < 1.29 is 30.5 Å². The van der Waals surface area contributed by atoms with E-state index in [1.54, 1.807) is 0 Å². The van der Waals surface area contributed by atoms with Crippen LogP contribution in [0.15, 0.2) is 29.3 Å². The molecule has 0 fully saturated rings. The summed E-state index contributed by atoms with van der Waals surface area (Å²) >= 11 is 6.10. The number of halogens is 7. The Bertz CT molecular complexity index is 971. The predicted octanol–water partition coefficient (Wildman–Crippen LogP) is 5.81. The van der Waals surface area contributed by atoms with Crippen molar-refractivity contribution in [3.8, 4) is 5.75 Å². The zero-order valence-electron chi connectivity index (χ0n) is 11.7. The van der Waals surface area contributed by atoms with Crippen LogP contribution in [0.1, 0.15) is 0 Å². The minimum atomic E-state index is -2.29. The highest BCUT2D eigenvalue weighted by Gasteiger charge is 2.27. The topological polar surface area (TPSA) is 22.1 Å². The Morgan fingerprint density at radius 1 is 0.840 bits per heavy atom. The normalized spacial score (nSPS) is 11.2. The molecule has 10 heteroatoms. The summed E-state index contributed by atoms with van der Waals surface area (Å²) < 4.78 is 84.6. The summed E-state index contributed by atoms with van der Waals surface area (Å²) in [5.74, 6) is -12.9. The van der Waals surface area contributed by atoms with Gasteiger partial charge in [-0.3, -0.25) is 0 Å². The van der Waals surface area contributed by atoms with E-state index in [1.165, 1.54) is 18.2 Å². The summed E-state index contributed by atoms with van der Waals surface area (Å²) in [4.78, 5) is 3.75. The highest BCUT2D eigenvalue weighted by atomic mass is 35.5. The molecular formula is C15H4ClF6NOS. The zero-order valence-corrected chi connectivity index (χ0v) is 13.3. The van der Waals surface area contributed by atoms with Gasteiger partial charge in [0.25, 0.3) is 0 Å². The van der Waals surface area contributed by atoms with Gasteiger partial charge in [0.05, 0.1) is 18.2 Å². The molecule has 0 saturated carbocycles. The van der Waals surface area contributed by atoms with Crippen LogP contribution in [-0.2, 0) is 0 Å². The first-order valence-electron chi connectivity index (χ1n) is 6.41. The molecule has 0 radical (unpaired) electrons. The summed E-state index contributed by atoms with van der Waals surface area (Å²) in [6.45, 7) is 0. The Labute approximate surface area is 145 Å². The third kappa shape index (κ3) is 3.09. The van der Waals surface area contributed by atoms with Gasteiger partial charge in [-0.05, 0) is 18.2 Å². The molecule has 0 atom stereocenters. The molecule has 0 unspecified atom stereocenters. The third-order valence-electron chi connectivity index (χ3n) is 3.15. The Kier molecular flexibility index (Phi) is 4.70. The number of aromatic nitrogens is 1. The molecular weight excluding hydrogens is 392 g/mol. The SMILES string of the molecule is Fc1c(F)c(F)c(OSc2ccc3c(Cl)ncc(F)c3c2)c(F)c1F. The summed E-state index contributed by atoms with van der Waals surface area (Å²) in [5, 5.41) is 0.363. The molecule has 0 bridgehead atoms. The maximum atomic E-state index is 13.8. The molecule has 0 spiro atoms. The molecule has 1 heterocycles. The second-order valence-electron chi connectivity index (χ2n) is 4.67. The fourth-order valence-corrected chi connectivity index (χ4v) is 2.78. The van der Waals surface area contributed by atoms with Crippen LogP contribution < -0.4 is 4.18 Å². The average molecular weight is 396 g/mol. The van der Waals surface area contributed by atoms with Crippen molar-refractivity contribution in [3.05, 3.63) is 64.5 Å². The van der Waals surface area contributed by atoms with E-state index in [1.807, 2.05) is 0 Å². The first-order valence-corrected chi connectivity index (χ1v) is 7.53. The molecule has 25 heavy (non-hydrogen) atoms. The molecule has 3 rings (SSSR count). The number of benzene rings is 2. The Hall–Kier alpha value is -2.13. The smallest absolute Gasteiger partial charge is 0.215 e. The molecule has 2 aromatic carbocycles. The van der Waals surface area contributed by atoms with Crippen LogP contribution in [0.2, 0.25) is 5.15 Å². The number of nitrogens with zero attached hydrogens (tertiary/aromatic N) is 1. The molecule has 0 amide bonds. The van der Waals surface area contributed by atoms with Gasteiger partial charge in [0.15, 0.2) is 0 Å². The second kappa shape index (κ2) is 6.64. The molecule has 2 nitrogen and oxygen atoms in total. The quantitative estimate of drug-likeness (QED) is 0.184. The van der Waals surface area contributed by atoms with E-state index in [0.29, 0.717) is 0 Å². The molecule has 3 aromatic rings. The molecule has 1 aromatic heterocycles. The second-order valence-corrected chi connectivity index (χ2v) is 5.83. The Balaban J connectivity index is 1.95. The fraction of sp³-hybridized carbons (Fsp3) is 0. The van der Waals surface area contributed by atoms with Gasteiger partial charge >= 0.3 is 0 Å². The van der Waals surface area contributed by atoms with Crippen molar-refractivity contribution in [2.45, 2.75) is 4.90 Å². The number of hydrogen-bond donors (Lipinski definition) is 0. The van der Waals surface area contributed by atoms with E-state index in [0.717, 1.165) is 6.20 Å². The van der Waals surface area contributed by atoms with Gasteiger partial charge < -0.3 is 4.18 Å². The van der Waals surface area contributed by atoms with Gasteiger partial charge in [-0.15, -0.1) is 0 Å². The summed E-state index contributed by atoms with van der Waals surface area (Å²) in [6, 6.07) is 3.96. The van der Waals surface area contributed by atoms with Crippen molar-refractivity contribution >= 4 is 34.4 Å². The van der Waals surface area contributed by atoms with Crippen molar-refractivity contribution in [2.75, 3.05) is 0 Å². The van der Waals surface area contributed by atoms with E-state index in [-0.39, 0.29) is 32.9 Å². The van der Waals surface area contributed by atoms with Crippen LogP contribution in [0.5, 0.6) is 5.75 Å². The van der Waals surface area contributed by atoms with Gasteiger partial charge in [0.1, 0.15) is 11.0 Å². The number of rotatable bonds is 3.